The molecular weight excluding hydrogens is 466 g/mol. The molecule has 3 nitrogen and oxygen atoms in total. The monoisotopic (exact) mass is 536 g/mol. The van der Waals surface area contributed by atoms with Gasteiger partial charge in [-0.3, -0.25) is 4.79 Å². The fourth-order valence-electron chi connectivity index (χ4n) is 5.30. The van der Waals surface area contributed by atoms with E-state index in [1.165, 1.54) is 141 Å². The molecule has 0 aromatic carbocycles. The highest BCUT2D eigenvalue weighted by Gasteiger charge is 2.16. The van der Waals surface area contributed by atoms with Crippen molar-refractivity contribution in [1.29, 1.82) is 0 Å². The predicted octanol–water partition coefficient (Wildman–Crippen LogP) is 10.8. The van der Waals surface area contributed by atoms with Gasteiger partial charge in [-0.25, -0.2) is 0 Å². The van der Waals surface area contributed by atoms with Crippen molar-refractivity contribution in [1.82, 2.24) is 5.32 Å². The zero-order chi connectivity index (χ0) is 27.9. The summed E-state index contributed by atoms with van der Waals surface area (Å²) in [6.07, 6.45) is 38.4. The topological polar surface area (TPSA) is 49.3 Å². The van der Waals surface area contributed by atoms with Gasteiger partial charge in [-0.2, -0.15) is 0 Å². The summed E-state index contributed by atoms with van der Waals surface area (Å²) in [5.41, 5.74) is 0. The highest BCUT2D eigenvalue weighted by atomic mass is 16.3. The SMILES string of the molecule is CCCCCCCCCCCCC/C=C/C(C)[C@H](CO)NC(=O)CCCCCCCCCCCCCCC. The minimum atomic E-state index is -0.168. The van der Waals surface area contributed by atoms with Gasteiger partial charge in [0.2, 0.25) is 5.91 Å². The summed E-state index contributed by atoms with van der Waals surface area (Å²) in [5.74, 6) is 0.265. The number of amides is 1. The van der Waals surface area contributed by atoms with Crippen LogP contribution in [0.5, 0.6) is 0 Å². The Morgan fingerprint density at radius 2 is 0.974 bits per heavy atom. The highest BCUT2D eigenvalue weighted by molar-refractivity contribution is 5.76. The van der Waals surface area contributed by atoms with Gasteiger partial charge in [0.15, 0.2) is 0 Å². The van der Waals surface area contributed by atoms with Crippen LogP contribution in [0.3, 0.4) is 0 Å². The maximum atomic E-state index is 12.4. The average Bonchev–Trinajstić information content (AvgIpc) is 2.92. The van der Waals surface area contributed by atoms with Crippen LogP contribution in [-0.4, -0.2) is 23.7 Å². The van der Waals surface area contributed by atoms with Gasteiger partial charge in [-0.05, 0) is 25.2 Å². The second-order valence-electron chi connectivity index (χ2n) is 12.0. The first-order chi connectivity index (χ1) is 18.7. The standard InChI is InChI=1S/C35H69NO2/c1-4-6-8-10-12-14-16-18-20-22-24-26-28-30-33(3)34(32-37)36-35(38)31-29-27-25-23-21-19-17-15-13-11-9-7-5-2/h28,30,33-34,37H,4-27,29,31-32H2,1-3H3,(H,36,38)/b30-28+/t33?,34-/m0/s1. The third-order valence-electron chi connectivity index (χ3n) is 8.10. The molecule has 0 spiro atoms. The van der Waals surface area contributed by atoms with Crippen molar-refractivity contribution < 1.29 is 9.90 Å². The van der Waals surface area contributed by atoms with Crippen molar-refractivity contribution in [3.63, 3.8) is 0 Å². The van der Waals surface area contributed by atoms with E-state index in [1.54, 1.807) is 0 Å². The first kappa shape index (κ1) is 37.2. The second kappa shape index (κ2) is 30.7. The van der Waals surface area contributed by atoms with Crippen LogP contribution in [0.15, 0.2) is 12.2 Å². The number of rotatable bonds is 30. The van der Waals surface area contributed by atoms with E-state index in [1.807, 2.05) is 0 Å². The van der Waals surface area contributed by atoms with E-state index >= 15 is 0 Å². The van der Waals surface area contributed by atoms with Gasteiger partial charge in [0.1, 0.15) is 0 Å². The number of aliphatic hydroxyl groups is 1. The van der Waals surface area contributed by atoms with Gasteiger partial charge < -0.3 is 10.4 Å². The Hall–Kier alpha value is -0.830. The van der Waals surface area contributed by atoms with Crippen molar-refractivity contribution in [2.75, 3.05) is 6.61 Å². The molecule has 1 unspecified atom stereocenters. The summed E-state index contributed by atoms with van der Waals surface area (Å²) in [7, 11) is 0. The lowest BCUT2D eigenvalue weighted by molar-refractivity contribution is -0.122. The summed E-state index contributed by atoms with van der Waals surface area (Å²) < 4.78 is 0. The average molecular weight is 536 g/mol. The first-order valence-corrected chi connectivity index (χ1v) is 17.2. The zero-order valence-corrected chi connectivity index (χ0v) is 26.3. The first-order valence-electron chi connectivity index (χ1n) is 17.2. The van der Waals surface area contributed by atoms with Crippen molar-refractivity contribution in [2.45, 2.75) is 194 Å². The number of hydrogen-bond acceptors (Lipinski definition) is 2. The predicted molar refractivity (Wildman–Crippen MR) is 169 cm³/mol. The van der Waals surface area contributed by atoms with Crippen LogP contribution in [0.4, 0.5) is 0 Å². The van der Waals surface area contributed by atoms with Crippen LogP contribution in [0.2, 0.25) is 0 Å². The van der Waals surface area contributed by atoms with Gasteiger partial charge in [-0.1, -0.05) is 174 Å². The number of carbonyl (C=O) groups is 1. The lowest BCUT2D eigenvalue weighted by Gasteiger charge is -2.21. The van der Waals surface area contributed by atoms with Gasteiger partial charge in [0, 0.05) is 6.42 Å². The number of allylic oxidation sites excluding steroid dienone is 1. The third kappa shape index (κ3) is 26.8. The van der Waals surface area contributed by atoms with E-state index in [0.29, 0.717) is 6.42 Å². The van der Waals surface area contributed by atoms with Crippen LogP contribution < -0.4 is 5.32 Å². The molecule has 0 saturated carbocycles. The fourth-order valence-corrected chi connectivity index (χ4v) is 5.30. The van der Waals surface area contributed by atoms with Crippen molar-refractivity contribution in [3.05, 3.63) is 12.2 Å². The molecule has 0 radical (unpaired) electrons. The largest absolute Gasteiger partial charge is 0.394 e. The molecule has 0 saturated heterocycles. The van der Waals surface area contributed by atoms with Crippen molar-refractivity contribution in [3.8, 4) is 0 Å². The summed E-state index contributed by atoms with van der Waals surface area (Å²) in [4.78, 5) is 12.4. The summed E-state index contributed by atoms with van der Waals surface area (Å²) >= 11 is 0. The number of aliphatic hydroxyl groups excluding tert-OH is 1. The molecule has 0 bridgehead atoms. The highest BCUT2D eigenvalue weighted by Crippen LogP contribution is 2.15. The molecule has 0 heterocycles. The van der Waals surface area contributed by atoms with Crippen molar-refractivity contribution >= 4 is 5.91 Å². The van der Waals surface area contributed by atoms with Gasteiger partial charge >= 0.3 is 0 Å². The molecule has 0 aliphatic rings. The Labute approximate surface area is 239 Å². The number of hydrogen-bond donors (Lipinski definition) is 2. The molecule has 0 aromatic rings. The Kier molecular flexibility index (Phi) is 30.0. The minimum Gasteiger partial charge on any atom is -0.394 e. The molecule has 0 aliphatic carbocycles. The molecule has 2 atom stereocenters. The zero-order valence-electron chi connectivity index (χ0n) is 26.3. The lowest BCUT2D eigenvalue weighted by Crippen LogP contribution is -2.41. The van der Waals surface area contributed by atoms with E-state index in [9.17, 15) is 9.90 Å². The molecule has 2 N–H and O–H groups in total. The van der Waals surface area contributed by atoms with E-state index in [4.69, 9.17) is 0 Å². The van der Waals surface area contributed by atoms with Gasteiger partial charge in [-0.15, -0.1) is 0 Å². The maximum Gasteiger partial charge on any atom is 0.220 e. The summed E-state index contributed by atoms with van der Waals surface area (Å²) in [5, 5.41) is 12.9. The van der Waals surface area contributed by atoms with Crippen LogP contribution in [0, 0.1) is 5.92 Å². The second-order valence-corrected chi connectivity index (χ2v) is 12.0. The van der Waals surface area contributed by atoms with Crippen LogP contribution in [-0.2, 0) is 4.79 Å². The third-order valence-corrected chi connectivity index (χ3v) is 8.10. The molecule has 38 heavy (non-hydrogen) atoms. The molecule has 0 rings (SSSR count). The normalized spacial score (nSPS) is 13.3. The van der Waals surface area contributed by atoms with E-state index in [0.717, 1.165) is 19.3 Å². The minimum absolute atomic E-state index is 0.00823. The van der Waals surface area contributed by atoms with Gasteiger partial charge in [0.25, 0.3) is 0 Å². The molecule has 0 fully saturated rings. The number of nitrogens with one attached hydrogen (secondary N) is 1. The number of carbonyl (C=O) groups excluding carboxylic acids is 1. The summed E-state index contributed by atoms with van der Waals surface area (Å²) in [6.45, 7) is 6.66. The molecular formula is C35H69NO2. The number of unbranched alkanes of at least 4 members (excludes halogenated alkanes) is 23. The Bertz CT molecular complexity index is 504. The molecule has 3 heteroatoms. The van der Waals surface area contributed by atoms with E-state index in [2.05, 4.69) is 38.2 Å². The fraction of sp³-hybridized carbons (Fsp3) is 0.914. The molecule has 0 aliphatic heterocycles. The summed E-state index contributed by atoms with van der Waals surface area (Å²) in [6, 6.07) is -0.168. The van der Waals surface area contributed by atoms with Crippen LogP contribution in [0.1, 0.15) is 188 Å². The Balaban J connectivity index is 3.63. The van der Waals surface area contributed by atoms with E-state index in [-0.39, 0.29) is 24.5 Å². The smallest absolute Gasteiger partial charge is 0.220 e. The molecule has 1 amide bonds. The lowest BCUT2D eigenvalue weighted by atomic mass is 10.0. The van der Waals surface area contributed by atoms with E-state index < -0.39 is 0 Å². The maximum absolute atomic E-state index is 12.4. The molecule has 226 valence electrons. The quantitative estimate of drug-likeness (QED) is 0.0709. The van der Waals surface area contributed by atoms with Crippen LogP contribution in [0.25, 0.3) is 0 Å². The van der Waals surface area contributed by atoms with Gasteiger partial charge in [0.05, 0.1) is 12.6 Å². The van der Waals surface area contributed by atoms with Crippen LogP contribution >= 0.6 is 0 Å². The molecule has 0 aromatic heterocycles. The van der Waals surface area contributed by atoms with Crippen molar-refractivity contribution in [2.24, 2.45) is 5.92 Å². The Morgan fingerprint density at radius 3 is 1.37 bits per heavy atom. The Morgan fingerprint density at radius 1 is 0.605 bits per heavy atom.